The number of pyridine rings is 2. The van der Waals surface area contributed by atoms with Gasteiger partial charge in [-0.3, -0.25) is 14.7 Å². The summed E-state index contributed by atoms with van der Waals surface area (Å²) < 4.78 is 0. The highest BCUT2D eigenvalue weighted by atomic mass is 16.3. The van der Waals surface area contributed by atoms with Crippen molar-refractivity contribution >= 4 is 16.7 Å². The monoisotopic (exact) mass is 437 g/mol. The van der Waals surface area contributed by atoms with Crippen LogP contribution in [-0.2, 0) is 13.0 Å². The minimum absolute atomic E-state index is 0.0224. The van der Waals surface area contributed by atoms with Crippen molar-refractivity contribution < 1.29 is 9.90 Å². The molecule has 0 spiro atoms. The Morgan fingerprint density at radius 2 is 1.67 bits per heavy atom. The molecule has 0 radical (unpaired) electrons. The summed E-state index contributed by atoms with van der Waals surface area (Å²) >= 11 is 0. The molecule has 166 valence electrons. The van der Waals surface area contributed by atoms with E-state index in [1.807, 2.05) is 30.3 Å². The number of aromatic hydroxyl groups is 1. The van der Waals surface area contributed by atoms with Gasteiger partial charge in [0.25, 0.3) is 0 Å². The average Bonchev–Trinajstić information content (AvgIpc) is 2.85. The quantitative estimate of drug-likeness (QED) is 0.423. The fourth-order valence-corrected chi connectivity index (χ4v) is 4.60. The largest absolute Gasteiger partial charge is 0.504 e. The molecule has 1 aliphatic rings. The van der Waals surface area contributed by atoms with Crippen molar-refractivity contribution in [3.05, 3.63) is 101 Å². The van der Waals surface area contributed by atoms with Crippen LogP contribution in [0.5, 0.6) is 5.75 Å². The van der Waals surface area contributed by atoms with Gasteiger partial charge in [-0.25, -0.2) is 4.98 Å². The highest BCUT2D eigenvalue weighted by Crippen LogP contribution is 2.24. The van der Waals surface area contributed by atoms with Crippen molar-refractivity contribution in [3.8, 4) is 5.75 Å². The van der Waals surface area contributed by atoms with Crippen LogP contribution in [0.15, 0.2) is 73.1 Å². The molecule has 5 rings (SSSR count). The Hall–Kier alpha value is -3.57. The lowest BCUT2D eigenvalue weighted by molar-refractivity contribution is 0.103. The number of carbonyl (C=O) groups is 1. The van der Waals surface area contributed by atoms with Gasteiger partial charge in [0.2, 0.25) is 5.78 Å². The van der Waals surface area contributed by atoms with E-state index in [1.54, 1.807) is 18.3 Å². The van der Waals surface area contributed by atoms with Crippen LogP contribution in [-0.4, -0.2) is 38.8 Å². The standard InChI is InChI=1S/C28H27N3O2/c32-26-18-29-17-23-9-10-25(30-27(23)26)28(33)24-15-21(13-20-7-3-1-4-8-20)14-22(16-24)19-31-11-5-2-6-12-31/h1,3-4,7-10,14-18,32H,2,5-6,11-13,19H2. The van der Waals surface area contributed by atoms with E-state index in [0.717, 1.165) is 37.2 Å². The SMILES string of the molecule is O=C(c1cc(Cc2ccccc2)cc(CN2CCCCC2)c1)c1ccc2cncc(O)c2n1. The molecule has 5 nitrogen and oxygen atoms in total. The first kappa shape index (κ1) is 21.3. The molecule has 0 amide bonds. The Labute approximate surface area is 193 Å². The lowest BCUT2D eigenvalue weighted by Gasteiger charge is -2.26. The summed E-state index contributed by atoms with van der Waals surface area (Å²) in [6.45, 7) is 3.05. The van der Waals surface area contributed by atoms with E-state index in [9.17, 15) is 9.90 Å². The van der Waals surface area contributed by atoms with Gasteiger partial charge in [-0.1, -0.05) is 42.8 Å². The summed E-state index contributed by atoms with van der Waals surface area (Å²) in [7, 11) is 0. The van der Waals surface area contributed by atoms with Gasteiger partial charge in [0.1, 0.15) is 11.2 Å². The minimum Gasteiger partial charge on any atom is -0.504 e. The summed E-state index contributed by atoms with van der Waals surface area (Å²) in [5.74, 6) is -0.159. The molecule has 2 aromatic heterocycles. The Balaban J connectivity index is 1.50. The highest BCUT2D eigenvalue weighted by Gasteiger charge is 2.17. The zero-order chi connectivity index (χ0) is 22.6. The first-order chi connectivity index (χ1) is 16.2. The number of aromatic nitrogens is 2. The third kappa shape index (κ3) is 4.94. The number of benzene rings is 2. The van der Waals surface area contributed by atoms with Crippen LogP contribution < -0.4 is 0 Å². The lowest BCUT2D eigenvalue weighted by atomic mass is 9.96. The van der Waals surface area contributed by atoms with E-state index >= 15 is 0 Å². The molecule has 0 unspecified atom stereocenters. The molecule has 1 N–H and O–H groups in total. The summed E-state index contributed by atoms with van der Waals surface area (Å²) in [4.78, 5) is 24.4. The molecule has 1 fully saturated rings. The second-order valence-corrected chi connectivity index (χ2v) is 8.79. The summed E-state index contributed by atoms with van der Waals surface area (Å²) in [5.41, 5.74) is 4.84. The summed E-state index contributed by atoms with van der Waals surface area (Å²) in [6.07, 6.45) is 7.51. The van der Waals surface area contributed by atoms with Crippen molar-refractivity contribution in [1.29, 1.82) is 0 Å². The molecule has 0 atom stereocenters. The molecule has 1 saturated heterocycles. The molecule has 1 aliphatic heterocycles. The van der Waals surface area contributed by atoms with Crippen molar-refractivity contribution in [2.75, 3.05) is 13.1 Å². The zero-order valence-electron chi connectivity index (χ0n) is 18.6. The number of likely N-dealkylation sites (tertiary alicyclic amines) is 1. The number of hydrogen-bond acceptors (Lipinski definition) is 5. The molecule has 2 aromatic carbocycles. The maximum Gasteiger partial charge on any atom is 0.211 e. The third-order valence-corrected chi connectivity index (χ3v) is 6.23. The van der Waals surface area contributed by atoms with Crippen LogP contribution in [0.4, 0.5) is 0 Å². The van der Waals surface area contributed by atoms with Crippen LogP contribution in [0.1, 0.15) is 52.0 Å². The normalized spacial score (nSPS) is 14.4. The highest BCUT2D eigenvalue weighted by molar-refractivity contribution is 6.09. The van der Waals surface area contributed by atoms with Gasteiger partial charge in [0.05, 0.1) is 6.20 Å². The topological polar surface area (TPSA) is 66.3 Å². The molecule has 5 heteroatoms. The second-order valence-electron chi connectivity index (χ2n) is 8.79. The number of rotatable bonds is 6. The van der Waals surface area contributed by atoms with Gasteiger partial charge in [-0.15, -0.1) is 0 Å². The number of hydrogen-bond donors (Lipinski definition) is 1. The molecule has 4 aromatic rings. The zero-order valence-corrected chi connectivity index (χ0v) is 18.6. The van der Waals surface area contributed by atoms with Crippen LogP contribution in [0.2, 0.25) is 0 Å². The van der Waals surface area contributed by atoms with E-state index in [1.165, 1.54) is 31.0 Å². The Kier molecular flexibility index (Phi) is 6.13. The Morgan fingerprint density at radius 3 is 2.48 bits per heavy atom. The van der Waals surface area contributed by atoms with E-state index in [-0.39, 0.29) is 11.5 Å². The summed E-state index contributed by atoms with van der Waals surface area (Å²) in [5, 5.41) is 10.8. The smallest absolute Gasteiger partial charge is 0.211 e. The molecular weight excluding hydrogens is 410 g/mol. The molecule has 33 heavy (non-hydrogen) atoms. The molecular formula is C28H27N3O2. The lowest BCUT2D eigenvalue weighted by Crippen LogP contribution is -2.29. The Bertz CT molecular complexity index is 1280. The molecule has 3 heterocycles. The van der Waals surface area contributed by atoms with Crippen LogP contribution in [0.3, 0.4) is 0 Å². The van der Waals surface area contributed by atoms with Crippen molar-refractivity contribution in [1.82, 2.24) is 14.9 Å². The van der Waals surface area contributed by atoms with Crippen molar-refractivity contribution in [2.24, 2.45) is 0 Å². The number of carbonyl (C=O) groups excluding carboxylic acids is 1. The number of nitrogens with zero attached hydrogens (tertiary/aromatic N) is 3. The fraction of sp³-hybridized carbons (Fsp3) is 0.250. The maximum absolute atomic E-state index is 13.5. The number of ketones is 1. The van der Waals surface area contributed by atoms with Crippen LogP contribution in [0, 0.1) is 0 Å². The molecule has 0 aliphatic carbocycles. The van der Waals surface area contributed by atoms with Gasteiger partial charge in [-0.2, -0.15) is 0 Å². The van der Waals surface area contributed by atoms with Crippen molar-refractivity contribution in [3.63, 3.8) is 0 Å². The van der Waals surface area contributed by atoms with Gasteiger partial charge in [0, 0.05) is 23.7 Å². The predicted molar refractivity (Wildman–Crippen MR) is 129 cm³/mol. The Morgan fingerprint density at radius 1 is 0.879 bits per heavy atom. The minimum atomic E-state index is -0.136. The first-order valence-electron chi connectivity index (χ1n) is 11.5. The van der Waals surface area contributed by atoms with Gasteiger partial charge in [0.15, 0.2) is 5.75 Å². The first-order valence-corrected chi connectivity index (χ1v) is 11.5. The second kappa shape index (κ2) is 9.51. The van der Waals surface area contributed by atoms with Gasteiger partial charge >= 0.3 is 0 Å². The van der Waals surface area contributed by atoms with E-state index in [2.05, 4.69) is 33.1 Å². The maximum atomic E-state index is 13.5. The predicted octanol–water partition coefficient (Wildman–Crippen LogP) is 5.14. The number of piperidine rings is 1. The van der Waals surface area contributed by atoms with Crippen molar-refractivity contribution in [2.45, 2.75) is 32.2 Å². The number of fused-ring (bicyclic) bond motifs is 1. The van der Waals surface area contributed by atoms with Gasteiger partial charge < -0.3 is 5.11 Å². The molecule has 0 bridgehead atoms. The molecule has 0 saturated carbocycles. The average molecular weight is 438 g/mol. The van der Waals surface area contributed by atoms with Crippen LogP contribution >= 0.6 is 0 Å². The van der Waals surface area contributed by atoms with E-state index in [0.29, 0.717) is 22.2 Å². The third-order valence-electron chi connectivity index (χ3n) is 6.23. The van der Waals surface area contributed by atoms with Crippen LogP contribution in [0.25, 0.3) is 10.9 Å². The van der Waals surface area contributed by atoms with E-state index < -0.39 is 0 Å². The summed E-state index contributed by atoms with van der Waals surface area (Å²) in [6, 6.07) is 20.0. The van der Waals surface area contributed by atoms with Gasteiger partial charge in [-0.05, 0) is 73.3 Å². The van der Waals surface area contributed by atoms with E-state index in [4.69, 9.17) is 0 Å². The fourth-order valence-electron chi connectivity index (χ4n) is 4.60.